The molecule has 0 aromatic heterocycles. The quantitative estimate of drug-likeness (QED) is 0.831. The lowest BCUT2D eigenvalue weighted by molar-refractivity contribution is -0.128. The minimum absolute atomic E-state index is 0.0589. The second-order valence-electron chi connectivity index (χ2n) is 5.47. The standard InChI is InChI=1S/C14H18FN3O3S/c15-11-3-1-2-4-13(11)22(20,21)18-7-5-12-14(19)16-6-8-17(12)9-10-18/h1-4,12H,5-10H2,(H,16,19). The van der Waals surface area contributed by atoms with Crippen molar-refractivity contribution in [2.75, 3.05) is 32.7 Å². The van der Waals surface area contributed by atoms with Crippen LogP contribution >= 0.6 is 0 Å². The molecule has 2 fully saturated rings. The number of piperazine rings is 1. The number of amides is 1. The van der Waals surface area contributed by atoms with Crippen molar-refractivity contribution in [1.82, 2.24) is 14.5 Å². The van der Waals surface area contributed by atoms with E-state index in [-0.39, 0.29) is 29.9 Å². The van der Waals surface area contributed by atoms with Crippen molar-refractivity contribution >= 4 is 15.9 Å². The minimum atomic E-state index is -3.88. The summed E-state index contributed by atoms with van der Waals surface area (Å²) < 4.78 is 40.3. The van der Waals surface area contributed by atoms with E-state index in [1.165, 1.54) is 22.5 Å². The Labute approximate surface area is 128 Å². The minimum Gasteiger partial charge on any atom is -0.353 e. The van der Waals surface area contributed by atoms with Crippen LogP contribution in [0.3, 0.4) is 0 Å². The Kier molecular flexibility index (Phi) is 4.16. The number of nitrogens with zero attached hydrogens (tertiary/aromatic N) is 2. The molecular formula is C14H18FN3O3S. The fourth-order valence-corrected chi connectivity index (χ4v) is 4.51. The van der Waals surface area contributed by atoms with Gasteiger partial charge in [-0.3, -0.25) is 9.69 Å². The Hall–Kier alpha value is -1.51. The number of hydrogen-bond donors (Lipinski definition) is 1. The summed E-state index contributed by atoms with van der Waals surface area (Å²) in [5.41, 5.74) is 0. The molecule has 22 heavy (non-hydrogen) atoms. The van der Waals surface area contributed by atoms with Crippen molar-refractivity contribution in [2.45, 2.75) is 17.4 Å². The molecule has 1 N–H and O–H groups in total. The van der Waals surface area contributed by atoms with Gasteiger partial charge in [-0.15, -0.1) is 0 Å². The Morgan fingerprint density at radius 1 is 1.14 bits per heavy atom. The molecule has 2 aliphatic rings. The zero-order valence-corrected chi connectivity index (χ0v) is 12.9. The van der Waals surface area contributed by atoms with E-state index >= 15 is 0 Å². The fraction of sp³-hybridized carbons (Fsp3) is 0.500. The van der Waals surface area contributed by atoms with Crippen molar-refractivity contribution in [2.24, 2.45) is 0 Å². The monoisotopic (exact) mass is 327 g/mol. The van der Waals surface area contributed by atoms with Crippen LogP contribution < -0.4 is 5.32 Å². The second-order valence-corrected chi connectivity index (χ2v) is 7.37. The summed E-state index contributed by atoms with van der Waals surface area (Å²) in [5, 5.41) is 2.79. The summed E-state index contributed by atoms with van der Waals surface area (Å²) in [6.45, 7) is 2.25. The Morgan fingerprint density at radius 2 is 1.91 bits per heavy atom. The molecule has 1 aromatic rings. The molecule has 1 unspecified atom stereocenters. The maximum absolute atomic E-state index is 13.8. The normalized spacial score (nSPS) is 24.4. The van der Waals surface area contributed by atoms with E-state index in [4.69, 9.17) is 0 Å². The summed E-state index contributed by atoms with van der Waals surface area (Å²) in [7, 11) is -3.88. The molecule has 2 saturated heterocycles. The highest BCUT2D eigenvalue weighted by atomic mass is 32.2. The first-order valence-electron chi connectivity index (χ1n) is 7.26. The molecule has 1 aromatic carbocycles. The molecule has 0 radical (unpaired) electrons. The van der Waals surface area contributed by atoms with Crippen LogP contribution in [0.2, 0.25) is 0 Å². The summed E-state index contributed by atoms with van der Waals surface area (Å²) in [6, 6.07) is 5.08. The molecule has 1 amide bonds. The van der Waals surface area contributed by atoms with Crippen molar-refractivity contribution in [3.63, 3.8) is 0 Å². The van der Waals surface area contributed by atoms with Gasteiger partial charge in [-0.05, 0) is 18.6 Å². The number of hydrogen-bond acceptors (Lipinski definition) is 4. The van der Waals surface area contributed by atoms with Gasteiger partial charge < -0.3 is 5.32 Å². The second kappa shape index (κ2) is 5.94. The van der Waals surface area contributed by atoms with Gasteiger partial charge in [0.2, 0.25) is 15.9 Å². The highest BCUT2D eigenvalue weighted by molar-refractivity contribution is 7.89. The highest BCUT2D eigenvalue weighted by Crippen LogP contribution is 2.22. The third-order valence-corrected chi connectivity index (χ3v) is 6.12. The van der Waals surface area contributed by atoms with E-state index in [9.17, 15) is 17.6 Å². The molecule has 6 nitrogen and oxygen atoms in total. The van der Waals surface area contributed by atoms with Gasteiger partial charge in [-0.1, -0.05) is 12.1 Å². The molecule has 0 bridgehead atoms. The number of carbonyl (C=O) groups is 1. The summed E-state index contributed by atoms with van der Waals surface area (Å²) in [6.07, 6.45) is 0.416. The molecular weight excluding hydrogens is 309 g/mol. The number of halogens is 1. The third kappa shape index (κ3) is 2.73. The highest BCUT2D eigenvalue weighted by Gasteiger charge is 2.36. The van der Waals surface area contributed by atoms with Gasteiger partial charge in [0.1, 0.15) is 10.7 Å². The summed E-state index contributed by atoms with van der Waals surface area (Å²) in [4.78, 5) is 13.6. The van der Waals surface area contributed by atoms with Crippen molar-refractivity contribution in [3.05, 3.63) is 30.1 Å². The number of benzene rings is 1. The number of fused-ring (bicyclic) bond motifs is 1. The van der Waals surface area contributed by atoms with Gasteiger partial charge in [-0.2, -0.15) is 4.31 Å². The van der Waals surface area contributed by atoms with Crippen LogP contribution in [0.15, 0.2) is 29.2 Å². The molecule has 2 aliphatic heterocycles. The lowest BCUT2D eigenvalue weighted by Crippen LogP contribution is -2.55. The molecule has 2 heterocycles. The molecule has 0 spiro atoms. The topological polar surface area (TPSA) is 69.7 Å². The van der Waals surface area contributed by atoms with Crippen LogP contribution in [0.4, 0.5) is 4.39 Å². The predicted molar refractivity (Wildman–Crippen MR) is 78.1 cm³/mol. The van der Waals surface area contributed by atoms with Crippen molar-refractivity contribution in [3.8, 4) is 0 Å². The SMILES string of the molecule is O=C1NCCN2CCN(S(=O)(=O)c3ccccc3F)CCC12. The zero-order chi connectivity index (χ0) is 15.7. The van der Waals surface area contributed by atoms with Gasteiger partial charge in [0.25, 0.3) is 0 Å². The molecule has 3 rings (SSSR count). The van der Waals surface area contributed by atoms with Crippen LogP contribution in [0.5, 0.6) is 0 Å². The van der Waals surface area contributed by atoms with Crippen molar-refractivity contribution < 1.29 is 17.6 Å². The molecule has 1 atom stereocenters. The Balaban J connectivity index is 1.84. The van der Waals surface area contributed by atoms with Crippen LogP contribution in [-0.4, -0.2) is 62.3 Å². The first kappa shape index (κ1) is 15.4. The molecule has 8 heteroatoms. The average Bonchev–Trinajstić information content (AvgIpc) is 2.71. The van der Waals surface area contributed by atoms with Crippen LogP contribution in [0.25, 0.3) is 0 Å². The maximum atomic E-state index is 13.8. The smallest absolute Gasteiger partial charge is 0.246 e. The van der Waals surface area contributed by atoms with E-state index < -0.39 is 15.8 Å². The molecule has 120 valence electrons. The number of carbonyl (C=O) groups excluding carboxylic acids is 1. The lowest BCUT2D eigenvalue weighted by Gasteiger charge is -2.32. The van der Waals surface area contributed by atoms with E-state index in [0.717, 1.165) is 6.07 Å². The first-order valence-corrected chi connectivity index (χ1v) is 8.70. The predicted octanol–water partition coefficient (Wildman–Crippen LogP) is 0.0205. The van der Waals surface area contributed by atoms with Crippen molar-refractivity contribution in [1.29, 1.82) is 0 Å². The van der Waals surface area contributed by atoms with Gasteiger partial charge in [-0.25, -0.2) is 12.8 Å². The van der Waals surface area contributed by atoms with Crippen LogP contribution in [0.1, 0.15) is 6.42 Å². The first-order chi connectivity index (χ1) is 10.5. The van der Waals surface area contributed by atoms with E-state index in [0.29, 0.717) is 26.1 Å². The van der Waals surface area contributed by atoms with Gasteiger partial charge in [0.05, 0.1) is 6.04 Å². The maximum Gasteiger partial charge on any atom is 0.246 e. The van der Waals surface area contributed by atoms with Crippen LogP contribution in [0, 0.1) is 5.82 Å². The average molecular weight is 327 g/mol. The van der Waals surface area contributed by atoms with E-state index in [1.54, 1.807) is 0 Å². The third-order valence-electron chi connectivity index (χ3n) is 4.18. The van der Waals surface area contributed by atoms with E-state index in [2.05, 4.69) is 5.32 Å². The molecule has 0 saturated carbocycles. The largest absolute Gasteiger partial charge is 0.353 e. The summed E-state index contributed by atoms with van der Waals surface area (Å²) >= 11 is 0. The lowest BCUT2D eigenvalue weighted by atomic mass is 10.1. The Bertz CT molecular complexity index is 680. The fourth-order valence-electron chi connectivity index (χ4n) is 2.99. The Morgan fingerprint density at radius 3 is 2.68 bits per heavy atom. The number of nitrogens with one attached hydrogen (secondary N) is 1. The van der Waals surface area contributed by atoms with Gasteiger partial charge in [0, 0.05) is 32.7 Å². The van der Waals surface area contributed by atoms with Gasteiger partial charge in [0.15, 0.2) is 0 Å². The summed E-state index contributed by atoms with van der Waals surface area (Å²) in [5.74, 6) is -0.807. The van der Waals surface area contributed by atoms with Gasteiger partial charge >= 0.3 is 0 Å². The van der Waals surface area contributed by atoms with E-state index in [1.807, 2.05) is 4.90 Å². The zero-order valence-electron chi connectivity index (χ0n) is 12.0. The van der Waals surface area contributed by atoms with Crippen LogP contribution in [-0.2, 0) is 14.8 Å². The molecule has 0 aliphatic carbocycles. The number of sulfonamides is 1. The number of rotatable bonds is 2.